The summed E-state index contributed by atoms with van der Waals surface area (Å²) in [5, 5.41) is 34.9. The first-order valence-corrected chi connectivity index (χ1v) is 13.3. The van der Waals surface area contributed by atoms with Gasteiger partial charge in [-0.25, -0.2) is 0 Å². The monoisotopic (exact) mass is 492 g/mol. The highest BCUT2D eigenvalue weighted by molar-refractivity contribution is 5.49. The Kier molecular flexibility index (Phi) is 19.9. The van der Waals surface area contributed by atoms with Crippen molar-refractivity contribution in [2.24, 2.45) is 0 Å². The van der Waals surface area contributed by atoms with Crippen LogP contribution in [0.2, 0.25) is 0 Å². The highest BCUT2D eigenvalue weighted by Crippen LogP contribution is 2.16. The number of benzene rings is 2. The minimum atomic E-state index is 0.178. The fraction of sp³-hybridized carbons (Fsp3) is 0.500. The Balaban J connectivity index is 0.000000360. The van der Waals surface area contributed by atoms with Gasteiger partial charge in [0.1, 0.15) is 0 Å². The Morgan fingerprint density at radius 3 is 1.22 bits per heavy atom. The number of hydrogen-bond acceptors (Lipinski definition) is 4. The molecule has 0 aliphatic carbocycles. The topological polar surface area (TPSA) is 80.9 Å². The van der Waals surface area contributed by atoms with Crippen LogP contribution in [-0.2, 0) is 12.8 Å². The Hall–Kier alpha value is -2.60. The van der Waals surface area contributed by atoms with Gasteiger partial charge in [-0.2, -0.15) is 0 Å². The number of aryl methyl sites for hydroxylation is 2. The van der Waals surface area contributed by atoms with Gasteiger partial charge in [0, 0.05) is 50.4 Å². The molecule has 0 aromatic heterocycles. The number of hydrogen-bond donors (Lipinski definition) is 4. The average Bonchev–Trinajstić information content (AvgIpc) is 2.91. The maximum atomic E-state index is 8.76. The van der Waals surface area contributed by atoms with E-state index in [-0.39, 0.29) is 13.2 Å². The summed E-state index contributed by atoms with van der Waals surface area (Å²) in [6.07, 6.45) is 11.4. The van der Waals surface area contributed by atoms with Crippen LogP contribution in [0.4, 0.5) is 0 Å². The molecule has 2 aromatic rings. The van der Waals surface area contributed by atoms with Crippen molar-refractivity contribution in [3.63, 3.8) is 0 Å². The smallest absolute Gasteiger partial charge is 0.0440 e. The summed E-state index contributed by atoms with van der Waals surface area (Å²) >= 11 is 0. The van der Waals surface area contributed by atoms with Crippen LogP contribution >= 0.6 is 0 Å². The third kappa shape index (κ3) is 15.4. The molecule has 0 heterocycles. The molecular weight excluding hydrogens is 448 g/mol. The fourth-order valence-corrected chi connectivity index (χ4v) is 3.60. The van der Waals surface area contributed by atoms with Crippen LogP contribution in [0, 0.1) is 23.7 Å². The number of aliphatic hydroxyl groups is 4. The van der Waals surface area contributed by atoms with Crippen LogP contribution in [0.3, 0.4) is 0 Å². The molecule has 2 aromatic carbocycles. The summed E-state index contributed by atoms with van der Waals surface area (Å²) in [5.74, 6) is 12.2. The molecule has 0 bridgehead atoms. The first-order chi connectivity index (χ1) is 17.8. The van der Waals surface area contributed by atoms with E-state index in [1.54, 1.807) is 0 Å². The van der Waals surface area contributed by atoms with Gasteiger partial charge in [0.2, 0.25) is 0 Å². The van der Waals surface area contributed by atoms with E-state index in [1.807, 2.05) is 24.3 Å². The van der Waals surface area contributed by atoms with Crippen molar-refractivity contribution in [1.82, 2.24) is 0 Å². The molecular formula is C32H44O4. The van der Waals surface area contributed by atoms with Crippen LogP contribution < -0.4 is 0 Å². The van der Waals surface area contributed by atoms with E-state index in [0.717, 1.165) is 62.5 Å². The molecule has 0 saturated carbocycles. The summed E-state index contributed by atoms with van der Waals surface area (Å²) in [4.78, 5) is 0. The van der Waals surface area contributed by atoms with Crippen molar-refractivity contribution in [3.8, 4) is 23.7 Å². The van der Waals surface area contributed by atoms with E-state index in [9.17, 15) is 0 Å². The van der Waals surface area contributed by atoms with E-state index in [2.05, 4.69) is 47.9 Å². The van der Waals surface area contributed by atoms with Crippen LogP contribution in [-0.4, -0.2) is 46.9 Å². The lowest BCUT2D eigenvalue weighted by Crippen LogP contribution is -1.96. The first kappa shape index (κ1) is 31.4. The molecule has 4 heteroatoms. The largest absolute Gasteiger partial charge is 0.396 e. The van der Waals surface area contributed by atoms with Gasteiger partial charge in [-0.3, -0.25) is 0 Å². The van der Waals surface area contributed by atoms with Gasteiger partial charge in [-0.15, -0.1) is 0 Å². The van der Waals surface area contributed by atoms with Crippen molar-refractivity contribution in [1.29, 1.82) is 0 Å². The molecule has 0 atom stereocenters. The summed E-state index contributed by atoms with van der Waals surface area (Å²) in [7, 11) is 0. The average molecular weight is 493 g/mol. The summed E-state index contributed by atoms with van der Waals surface area (Å²) in [6.45, 7) is 0.972. The van der Waals surface area contributed by atoms with Crippen molar-refractivity contribution in [2.45, 2.75) is 77.0 Å². The molecule has 0 amide bonds. The Morgan fingerprint density at radius 2 is 0.833 bits per heavy atom. The molecule has 0 unspecified atom stereocenters. The van der Waals surface area contributed by atoms with Gasteiger partial charge >= 0.3 is 0 Å². The third-order valence-corrected chi connectivity index (χ3v) is 5.62. The van der Waals surface area contributed by atoms with Gasteiger partial charge in [0.25, 0.3) is 0 Å². The molecule has 0 fully saturated rings. The second-order valence-corrected chi connectivity index (χ2v) is 8.64. The number of rotatable bonds is 14. The Labute approximate surface area is 218 Å². The van der Waals surface area contributed by atoms with Gasteiger partial charge in [0.05, 0.1) is 0 Å². The third-order valence-electron chi connectivity index (χ3n) is 5.62. The lowest BCUT2D eigenvalue weighted by atomic mass is 9.97. The normalized spacial score (nSPS) is 9.89. The van der Waals surface area contributed by atoms with Crippen LogP contribution in [0.25, 0.3) is 0 Å². The van der Waals surface area contributed by atoms with E-state index in [0.29, 0.717) is 38.9 Å². The highest BCUT2D eigenvalue weighted by atomic mass is 16.3. The molecule has 0 spiro atoms. The molecule has 4 N–H and O–H groups in total. The molecule has 0 aliphatic rings. The Morgan fingerprint density at radius 1 is 0.444 bits per heavy atom. The van der Waals surface area contributed by atoms with E-state index >= 15 is 0 Å². The summed E-state index contributed by atoms with van der Waals surface area (Å²) in [5.41, 5.74) is 4.76. The lowest BCUT2D eigenvalue weighted by molar-refractivity contribution is 0.282. The zero-order valence-electron chi connectivity index (χ0n) is 21.7. The van der Waals surface area contributed by atoms with Gasteiger partial charge in [-0.1, -0.05) is 72.9 Å². The predicted molar refractivity (Wildman–Crippen MR) is 149 cm³/mol. The second kappa shape index (κ2) is 22.8. The second-order valence-electron chi connectivity index (χ2n) is 8.64. The highest BCUT2D eigenvalue weighted by Gasteiger charge is 2.02. The Bertz CT molecular complexity index is 854. The molecule has 196 valence electrons. The van der Waals surface area contributed by atoms with E-state index < -0.39 is 0 Å². The van der Waals surface area contributed by atoms with Gasteiger partial charge in [0.15, 0.2) is 0 Å². The minimum absolute atomic E-state index is 0.178. The fourth-order valence-electron chi connectivity index (χ4n) is 3.60. The van der Waals surface area contributed by atoms with E-state index in [1.165, 1.54) is 11.1 Å². The van der Waals surface area contributed by atoms with Crippen LogP contribution in [0.15, 0.2) is 48.5 Å². The number of aliphatic hydroxyl groups excluding tert-OH is 4. The van der Waals surface area contributed by atoms with Crippen LogP contribution in [0.1, 0.15) is 86.5 Å². The minimum Gasteiger partial charge on any atom is -0.396 e. The summed E-state index contributed by atoms with van der Waals surface area (Å²) in [6, 6.07) is 16.4. The lowest BCUT2D eigenvalue weighted by Gasteiger charge is -2.09. The van der Waals surface area contributed by atoms with Crippen LogP contribution in [0.5, 0.6) is 0 Å². The SMILES string of the molecule is OCCCC#Cc1ccccc1C#CCCCO.OCCCCCc1ccccc1CCCCCO. The van der Waals surface area contributed by atoms with Crippen molar-refractivity contribution in [2.75, 3.05) is 26.4 Å². The molecule has 36 heavy (non-hydrogen) atoms. The predicted octanol–water partition coefficient (Wildman–Crippen LogP) is 5.03. The van der Waals surface area contributed by atoms with Gasteiger partial charge in [-0.05, 0) is 74.6 Å². The maximum absolute atomic E-state index is 8.76. The summed E-state index contributed by atoms with van der Waals surface area (Å²) < 4.78 is 0. The van der Waals surface area contributed by atoms with Gasteiger partial charge < -0.3 is 20.4 Å². The molecule has 0 radical (unpaired) electrons. The van der Waals surface area contributed by atoms with E-state index in [4.69, 9.17) is 20.4 Å². The van der Waals surface area contributed by atoms with Crippen molar-refractivity contribution >= 4 is 0 Å². The molecule has 4 nitrogen and oxygen atoms in total. The zero-order valence-corrected chi connectivity index (χ0v) is 21.7. The maximum Gasteiger partial charge on any atom is 0.0440 e. The molecule has 0 saturated heterocycles. The quantitative estimate of drug-likeness (QED) is 0.220. The van der Waals surface area contributed by atoms with Crippen molar-refractivity contribution in [3.05, 3.63) is 70.8 Å². The zero-order chi connectivity index (χ0) is 26.1. The van der Waals surface area contributed by atoms with Crippen molar-refractivity contribution < 1.29 is 20.4 Å². The standard InChI is InChI=1S/C16H26O2.C16H18O2/c2*17-13-7-1-3-9-15-11-5-6-12-16(15)10-4-2-8-14-18/h5-6,11-12,17-18H,1-4,7-10,13-14H2;5-6,11-12,17-18H,1-2,7-8,13-14H2. The first-order valence-electron chi connectivity index (χ1n) is 13.3. The number of unbranched alkanes of at least 4 members (excludes halogenated alkanes) is 6. The molecule has 2 rings (SSSR count). The molecule has 0 aliphatic heterocycles.